The van der Waals surface area contributed by atoms with Gasteiger partial charge in [-0.15, -0.1) is 0 Å². The molecule has 0 fully saturated rings. The van der Waals surface area contributed by atoms with Crippen LogP contribution in [-0.2, 0) is 13.0 Å². The summed E-state index contributed by atoms with van der Waals surface area (Å²) in [5, 5.41) is 0.775. The Morgan fingerprint density at radius 2 is 1.81 bits per heavy atom. The van der Waals surface area contributed by atoms with Crippen molar-refractivity contribution < 1.29 is 0 Å². The second-order valence-corrected chi connectivity index (χ2v) is 5.83. The zero-order valence-corrected chi connectivity index (χ0v) is 13.5. The molecule has 2 aromatic carbocycles. The molecule has 0 radical (unpaired) electrons. The Labute approximate surface area is 132 Å². The lowest BCUT2D eigenvalue weighted by Crippen LogP contribution is -2.30. The van der Waals surface area contributed by atoms with E-state index in [0.29, 0.717) is 6.54 Å². The van der Waals surface area contributed by atoms with E-state index in [1.165, 1.54) is 16.7 Å². The molecule has 0 spiro atoms. The van der Waals surface area contributed by atoms with Crippen molar-refractivity contribution in [2.45, 2.75) is 25.9 Å². The minimum atomic E-state index is 0.217. The Balaban J connectivity index is 2.12. The summed E-state index contributed by atoms with van der Waals surface area (Å²) in [7, 11) is 2.10. The van der Waals surface area contributed by atoms with Gasteiger partial charge < -0.3 is 5.73 Å². The highest BCUT2D eigenvalue weighted by Crippen LogP contribution is 2.22. The number of halogens is 1. The lowest BCUT2D eigenvalue weighted by molar-refractivity contribution is 0.242. The monoisotopic (exact) mass is 302 g/mol. The van der Waals surface area contributed by atoms with Crippen LogP contribution in [0.1, 0.15) is 29.7 Å². The van der Waals surface area contributed by atoms with Gasteiger partial charge in [0.15, 0.2) is 0 Å². The van der Waals surface area contributed by atoms with Crippen molar-refractivity contribution in [2.75, 3.05) is 13.6 Å². The van der Waals surface area contributed by atoms with Gasteiger partial charge in [-0.05, 0) is 42.3 Å². The summed E-state index contributed by atoms with van der Waals surface area (Å²) in [6, 6.07) is 16.9. The fourth-order valence-corrected chi connectivity index (χ4v) is 2.79. The summed E-state index contributed by atoms with van der Waals surface area (Å²) in [5.41, 5.74) is 9.81. The maximum Gasteiger partial charge on any atom is 0.0470 e. The summed E-state index contributed by atoms with van der Waals surface area (Å²) < 4.78 is 0. The first kappa shape index (κ1) is 16.0. The van der Waals surface area contributed by atoms with Crippen LogP contribution < -0.4 is 5.73 Å². The van der Waals surface area contributed by atoms with Gasteiger partial charge in [-0.1, -0.05) is 54.9 Å². The Morgan fingerprint density at radius 3 is 2.38 bits per heavy atom. The van der Waals surface area contributed by atoms with Gasteiger partial charge in [0.1, 0.15) is 0 Å². The van der Waals surface area contributed by atoms with Gasteiger partial charge in [0, 0.05) is 24.2 Å². The first-order chi connectivity index (χ1) is 10.1. The predicted molar refractivity (Wildman–Crippen MR) is 90.5 cm³/mol. The molecule has 0 aliphatic rings. The molecule has 0 saturated carbocycles. The van der Waals surface area contributed by atoms with Gasteiger partial charge in [0.25, 0.3) is 0 Å². The zero-order chi connectivity index (χ0) is 15.2. The molecule has 0 aliphatic heterocycles. The molecule has 3 heteroatoms. The number of hydrogen-bond donors (Lipinski definition) is 1. The minimum absolute atomic E-state index is 0.217. The molecule has 21 heavy (non-hydrogen) atoms. The number of benzene rings is 2. The Bertz CT molecular complexity index is 566. The van der Waals surface area contributed by atoms with Crippen molar-refractivity contribution in [3.8, 4) is 0 Å². The molecule has 2 N–H and O–H groups in total. The third-order valence-corrected chi connectivity index (χ3v) is 4.08. The van der Waals surface area contributed by atoms with E-state index in [-0.39, 0.29) is 6.04 Å². The second kappa shape index (κ2) is 7.60. The van der Waals surface area contributed by atoms with Crippen LogP contribution in [0.5, 0.6) is 0 Å². The van der Waals surface area contributed by atoms with Crippen LogP contribution in [0.4, 0.5) is 0 Å². The number of aryl methyl sites for hydroxylation is 1. The normalized spacial score (nSPS) is 12.6. The Hall–Kier alpha value is -1.35. The van der Waals surface area contributed by atoms with Crippen molar-refractivity contribution in [1.82, 2.24) is 4.90 Å². The van der Waals surface area contributed by atoms with E-state index in [4.69, 9.17) is 17.3 Å². The van der Waals surface area contributed by atoms with Gasteiger partial charge in [-0.3, -0.25) is 4.90 Å². The van der Waals surface area contributed by atoms with Crippen LogP contribution in [0.15, 0.2) is 48.5 Å². The molecule has 1 unspecified atom stereocenters. The number of nitrogens with two attached hydrogens (primary N) is 1. The number of hydrogen-bond acceptors (Lipinski definition) is 2. The van der Waals surface area contributed by atoms with Crippen LogP contribution in [0.3, 0.4) is 0 Å². The summed E-state index contributed by atoms with van der Waals surface area (Å²) in [4.78, 5) is 2.27. The van der Waals surface area contributed by atoms with E-state index in [1.54, 1.807) is 0 Å². The largest absolute Gasteiger partial charge is 0.329 e. The van der Waals surface area contributed by atoms with E-state index in [1.807, 2.05) is 18.2 Å². The molecule has 1 atom stereocenters. The third kappa shape index (κ3) is 4.31. The quantitative estimate of drug-likeness (QED) is 0.873. The third-order valence-electron chi connectivity index (χ3n) is 3.85. The van der Waals surface area contributed by atoms with E-state index < -0.39 is 0 Å². The fourth-order valence-electron chi connectivity index (χ4n) is 2.58. The molecule has 2 aromatic rings. The predicted octanol–water partition coefficient (Wildman–Crippen LogP) is 4.03. The number of rotatable bonds is 6. The second-order valence-electron chi connectivity index (χ2n) is 5.39. The van der Waals surface area contributed by atoms with E-state index >= 15 is 0 Å². The zero-order valence-electron chi connectivity index (χ0n) is 12.7. The van der Waals surface area contributed by atoms with Crippen molar-refractivity contribution in [3.05, 3.63) is 70.2 Å². The lowest BCUT2D eigenvalue weighted by atomic mass is 10.0. The number of nitrogens with zero attached hydrogens (tertiary/aromatic N) is 1. The van der Waals surface area contributed by atoms with Crippen LogP contribution in [-0.4, -0.2) is 18.5 Å². The van der Waals surface area contributed by atoms with E-state index in [2.05, 4.69) is 49.2 Å². The Morgan fingerprint density at radius 1 is 1.10 bits per heavy atom. The fraction of sp³-hybridized carbons (Fsp3) is 0.333. The maximum absolute atomic E-state index is 6.05. The molecule has 0 saturated heterocycles. The van der Waals surface area contributed by atoms with Gasteiger partial charge in [0.2, 0.25) is 0 Å². The number of likely N-dealkylation sites (N-methyl/N-ethyl adjacent to an activating group) is 1. The van der Waals surface area contributed by atoms with E-state index in [0.717, 1.165) is 18.0 Å². The maximum atomic E-state index is 6.05. The highest BCUT2D eigenvalue weighted by atomic mass is 35.5. The van der Waals surface area contributed by atoms with Crippen molar-refractivity contribution in [1.29, 1.82) is 0 Å². The standard InChI is InChI=1S/C18H23ClN2/c1-3-14-7-9-16(10-8-14)18(12-20)21(2)13-15-5-4-6-17(19)11-15/h4-11,18H,3,12-13,20H2,1-2H3. The molecular formula is C18H23ClN2. The smallest absolute Gasteiger partial charge is 0.0470 e. The molecular weight excluding hydrogens is 280 g/mol. The highest BCUT2D eigenvalue weighted by Gasteiger charge is 2.15. The Kier molecular flexibility index (Phi) is 5.80. The van der Waals surface area contributed by atoms with Gasteiger partial charge >= 0.3 is 0 Å². The molecule has 0 bridgehead atoms. The molecule has 0 aromatic heterocycles. The average Bonchev–Trinajstić information content (AvgIpc) is 2.48. The minimum Gasteiger partial charge on any atom is -0.329 e. The molecule has 2 rings (SSSR count). The van der Waals surface area contributed by atoms with E-state index in [9.17, 15) is 0 Å². The summed E-state index contributed by atoms with van der Waals surface area (Å²) in [5.74, 6) is 0. The molecule has 0 aliphatic carbocycles. The SMILES string of the molecule is CCc1ccc(C(CN)N(C)Cc2cccc(Cl)c2)cc1. The summed E-state index contributed by atoms with van der Waals surface area (Å²) in [6.07, 6.45) is 1.06. The van der Waals surface area contributed by atoms with Crippen molar-refractivity contribution in [2.24, 2.45) is 5.73 Å². The molecule has 0 heterocycles. The first-order valence-electron chi connectivity index (χ1n) is 7.37. The van der Waals surface area contributed by atoms with Gasteiger partial charge in [-0.2, -0.15) is 0 Å². The highest BCUT2D eigenvalue weighted by molar-refractivity contribution is 6.30. The van der Waals surface area contributed by atoms with Crippen LogP contribution in [0.25, 0.3) is 0 Å². The van der Waals surface area contributed by atoms with Crippen molar-refractivity contribution >= 4 is 11.6 Å². The average molecular weight is 303 g/mol. The van der Waals surface area contributed by atoms with Crippen LogP contribution >= 0.6 is 11.6 Å². The lowest BCUT2D eigenvalue weighted by Gasteiger charge is -2.27. The van der Waals surface area contributed by atoms with Crippen LogP contribution in [0.2, 0.25) is 5.02 Å². The molecule has 112 valence electrons. The molecule has 0 amide bonds. The van der Waals surface area contributed by atoms with Crippen LogP contribution in [0, 0.1) is 0 Å². The van der Waals surface area contributed by atoms with Crippen molar-refractivity contribution in [3.63, 3.8) is 0 Å². The topological polar surface area (TPSA) is 29.3 Å². The van der Waals surface area contributed by atoms with Gasteiger partial charge in [0.05, 0.1) is 0 Å². The summed E-state index contributed by atoms with van der Waals surface area (Å²) in [6.45, 7) is 3.60. The molecule has 2 nitrogen and oxygen atoms in total. The summed E-state index contributed by atoms with van der Waals surface area (Å²) >= 11 is 6.05. The van der Waals surface area contributed by atoms with Gasteiger partial charge in [-0.25, -0.2) is 0 Å². The first-order valence-corrected chi connectivity index (χ1v) is 7.75.